The molecule has 0 aliphatic carbocycles. The van der Waals surface area contributed by atoms with Crippen molar-refractivity contribution < 1.29 is 13.5 Å². The van der Waals surface area contributed by atoms with Crippen LogP contribution in [0.15, 0.2) is 57.6 Å². The molecule has 0 fully saturated rings. The van der Waals surface area contributed by atoms with E-state index in [9.17, 15) is 13.5 Å². The molecule has 2 aromatic rings. The summed E-state index contributed by atoms with van der Waals surface area (Å²) in [7, 11) is -3.73. The minimum atomic E-state index is -3.73. The Labute approximate surface area is 135 Å². The van der Waals surface area contributed by atoms with Crippen molar-refractivity contribution in [3.8, 4) is 5.75 Å². The summed E-state index contributed by atoms with van der Waals surface area (Å²) in [6.07, 6.45) is 0. The van der Waals surface area contributed by atoms with Crippen molar-refractivity contribution in [2.24, 2.45) is 15.4 Å². The zero-order chi connectivity index (χ0) is 17.3. The lowest BCUT2D eigenvalue weighted by molar-refractivity contribution is 0.475. The molecule has 0 spiro atoms. The molecule has 7 heteroatoms. The van der Waals surface area contributed by atoms with Crippen LogP contribution < -0.4 is 5.14 Å². The number of sulfonamides is 1. The van der Waals surface area contributed by atoms with E-state index in [1.807, 2.05) is 6.07 Å². The molecule has 0 radical (unpaired) electrons. The number of hydrogen-bond donors (Lipinski definition) is 2. The fourth-order valence-corrected chi connectivity index (χ4v) is 2.40. The van der Waals surface area contributed by atoms with Gasteiger partial charge in [-0.25, -0.2) is 13.6 Å². The van der Waals surface area contributed by atoms with E-state index in [-0.39, 0.29) is 16.1 Å². The monoisotopic (exact) mass is 333 g/mol. The Hall–Kier alpha value is -2.25. The lowest BCUT2D eigenvalue weighted by Crippen LogP contribution is -2.11. The first-order valence-corrected chi connectivity index (χ1v) is 8.50. The minimum Gasteiger partial charge on any atom is -0.506 e. The van der Waals surface area contributed by atoms with Gasteiger partial charge in [0.15, 0.2) is 0 Å². The molecule has 2 aromatic carbocycles. The van der Waals surface area contributed by atoms with Crippen LogP contribution in [0.4, 0.5) is 11.4 Å². The van der Waals surface area contributed by atoms with E-state index in [4.69, 9.17) is 5.14 Å². The van der Waals surface area contributed by atoms with Crippen LogP contribution in [-0.2, 0) is 15.4 Å². The van der Waals surface area contributed by atoms with Crippen LogP contribution in [0.3, 0.4) is 0 Å². The number of hydrogen-bond acceptors (Lipinski definition) is 5. The van der Waals surface area contributed by atoms with Crippen molar-refractivity contribution in [1.29, 1.82) is 0 Å². The first-order chi connectivity index (χ1) is 10.6. The van der Waals surface area contributed by atoms with Gasteiger partial charge in [0.2, 0.25) is 10.0 Å². The molecule has 0 aliphatic heterocycles. The summed E-state index contributed by atoms with van der Waals surface area (Å²) in [5.74, 6) is 0.0305. The third kappa shape index (κ3) is 4.37. The van der Waals surface area contributed by atoms with Crippen LogP contribution in [0.1, 0.15) is 26.3 Å². The molecular formula is C16H19N3O3S. The Morgan fingerprint density at radius 3 is 2.13 bits per heavy atom. The van der Waals surface area contributed by atoms with Crippen molar-refractivity contribution in [1.82, 2.24) is 0 Å². The van der Waals surface area contributed by atoms with Gasteiger partial charge in [-0.3, -0.25) is 0 Å². The lowest BCUT2D eigenvalue weighted by atomic mass is 9.87. The van der Waals surface area contributed by atoms with Gasteiger partial charge in [0.05, 0.1) is 10.6 Å². The van der Waals surface area contributed by atoms with Crippen LogP contribution >= 0.6 is 0 Å². The number of aromatic hydroxyl groups is 1. The van der Waals surface area contributed by atoms with Gasteiger partial charge >= 0.3 is 0 Å². The van der Waals surface area contributed by atoms with Gasteiger partial charge in [0.25, 0.3) is 0 Å². The first kappa shape index (κ1) is 17.1. The summed E-state index contributed by atoms with van der Waals surface area (Å²) in [5.41, 5.74) is 1.76. The Balaban J connectivity index is 2.30. The standard InChI is InChI=1S/C16H19N3O3S/c1-16(2,3)11-4-9-15(20)14(10-11)19-18-12-5-7-13(8-6-12)23(17,21)22/h4-10,20H,1-3H3,(H2,17,21,22). The molecule has 2 rings (SSSR count). The zero-order valence-electron chi connectivity index (χ0n) is 13.2. The van der Waals surface area contributed by atoms with Crippen molar-refractivity contribution in [3.05, 3.63) is 48.0 Å². The second-order valence-corrected chi connectivity index (χ2v) is 7.75. The molecule has 0 saturated heterocycles. The van der Waals surface area contributed by atoms with E-state index in [1.165, 1.54) is 24.3 Å². The number of nitrogens with two attached hydrogens (primary N) is 1. The fraction of sp³-hybridized carbons (Fsp3) is 0.250. The average molecular weight is 333 g/mol. The minimum absolute atomic E-state index is 0.00836. The quantitative estimate of drug-likeness (QED) is 0.835. The molecular weight excluding hydrogens is 314 g/mol. The second kappa shape index (κ2) is 6.10. The van der Waals surface area contributed by atoms with E-state index in [0.29, 0.717) is 11.4 Å². The summed E-state index contributed by atoms with van der Waals surface area (Å²) in [6.45, 7) is 6.19. The largest absolute Gasteiger partial charge is 0.506 e. The molecule has 0 saturated carbocycles. The summed E-state index contributed by atoms with van der Waals surface area (Å²) in [6, 6.07) is 10.9. The highest BCUT2D eigenvalue weighted by Gasteiger charge is 2.15. The van der Waals surface area contributed by atoms with Crippen molar-refractivity contribution >= 4 is 21.4 Å². The van der Waals surface area contributed by atoms with E-state index in [2.05, 4.69) is 31.0 Å². The van der Waals surface area contributed by atoms with E-state index in [0.717, 1.165) is 5.56 Å². The Kier molecular flexibility index (Phi) is 4.53. The van der Waals surface area contributed by atoms with Crippen LogP contribution in [0, 0.1) is 0 Å². The third-order valence-corrected chi connectivity index (χ3v) is 4.21. The number of phenolic OH excluding ortho intramolecular Hbond substituents is 1. The molecule has 0 amide bonds. The van der Waals surface area contributed by atoms with Crippen LogP contribution in [0.25, 0.3) is 0 Å². The number of primary sulfonamides is 1. The van der Waals surface area contributed by atoms with Crippen LogP contribution in [0.5, 0.6) is 5.75 Å². The maximum atomic E-state index is 11.2. The summed E-state index contributed by atoms with van der Waals surface area (Å²) in [4.78, 5) is 0.00836. The number of azo groups is 1. The lowest BCUT2D eigenvalue weighted by Gasteiger charge is -2.19. The smallest absolute Gasteiger partial charge is 0.238 e. The topological polar surface area (TPSA) is 105 Å². The maximum absolute atomic E-state index is 11.2. The van der Waals surface area contributed by atoms with Gasteiger partial charge in [-0.15, -0.1) is 5.11 Å². The summed E-state index contributed by atoms with van der Waals surface area (Å²) < 4.78 is 22.4. The molecule has 3 N–H and O–H groups in total. The molecule has 122 valence electrons. The predicted molar refractivity (Wildman–Crippen MR) is 88.8 cm³/mol. The number of rotatable bonds is 3. The maximum Gasteiger partial charge on any atom is 0.238 e. The van der Waals surface area contributed by atoms with Gasteiger partial charge in [-0.2, -0.15) is 5.11 Å². The van der Waals surface area contributed by atoms with E-state index in [1.54, 1.807) is 12.1 Å². The highest BCUT2D eigenvalue weighted by Crippen LogP contribution is 2.33. The molecule has 0 unspecified atom stereocenters. The number of benzene rings is 2. The SMILES string of the molecule is CC(C)(C)c1ccc(O)c(N=Nc2ccc(S(N)(=O)=O)cc2)c1. The molecule has 0 aliphatic rings. The molecule has 23 heavy (non-hydrogen) atoms. The molecule has 0 aromatic heterocycles. The Morgan fingerprint density at radius 1 is 1.00 bits per heavy atom. The average Bonchev–Trinajstić information content (AvgIpc) is 2.44. The molecule has 6 nitrogen and oxygen atoms in total. The first-order valence-electron chi connectivity index (χ1n) is 6.95. The normalized spacial score (nSPS) is 12.7. The van der Waals surface area contributed by atoms with Gasteiger partial charge in [0.1, 0.15) is 11.4 Å². The van der Waals surface area contributed by atoms with E-state index >= 15 is 0 Å². The second-order valence-electron chi connectivity index (χ2n) is 6.19. The van der Waals surface area contributed by atoms with Crippen molar-refractivity contribution in [2.75, 3.05) is 0 Å². The fourth-order valence-electron chi connectivity index (χ4n) is 1.88. The molecule has 0 atom stereocenters. The predicted octanol–water partition coefficient (Wildman–Crippen LogP) is 3.75. The van der Waals surface area contributed by atoms with E-state index < -0.39 is 10.0 Å². The number of nitrogens with zero attached hydrogens (tertiary/aromatic N) is 2. The van der Waals surface area contributed by atoms with Gasteiger partial charge < -0.3 is 5.11 Å². The molecule has 0 bridgehead atoms. The van der Waals surface area contributed by atoms with Crippen LogP contribution in [-0.4, -0.2) is 13.5 Å². The van der Waals surface area contributed by atoms with Gasteiger partial charge in [0, 0.05) is 0 Å². The third-order valence-electron chi connectivity index (χ3n) is 3.28. The highest BCUT2D eigenvalue weighted by atomic mass is 32.2. The number of phenols is 1. The summed E-state index contributed by atoms with van der Waals surface area (Å²) >= 11 is 0. The molecule has 0 heterocycles. The Bertz CT molecular complexity index is 836. The summed E-state index contributed by atoms with van der Waals surface area (Å²) in [5, 5.41) is 23.0. The highest BCUT2D eigenvalue weighted by molar-refractivity contribution is 7.89. The van der Waals surface area contributed by atoms with Gasteiger partial charge in [-0.1, -0.05) is 26.8 Å². The Morgan fingerprint density at radius 2 is 1.61 bits per heavy atom. The van der Waals surface area contributed by atoms with Crippen molar-refractivity contribution in [2.45, 2.75) is 31.1 Å². The zero-order valence-corrected chi connectivity index (χ0v) is 14.0. The van der Waals surface area contributed by atoms with Crippen molar-refractivity contribution in [3.63, 3.8) is 0 Å². The van der Waals surface area contributed by atoms with Gasteiger partial charge in [-0.05, 0) is 47.4 Å². The van der Waals surface area contributed by atoms with Crippen LogP contribution in [0.2, 0.25) is 0 Å².